The summed E-state index contributed by atoms with van der Waals surface area (Å²) in [6.45, 7) is 0. The molecule has 0 N–H and O–H groups in total. The van der Waals surface area contributed by atoms with Crippen molar-refractivity contribution in [3.63, 3.8) is 0 Å². The first-order valence-corrected chi connectivity index (χ1v) is 5.99. The van der Waals surface area contributed by atoms with E-state index in [2.05, 4.69) is 30.7 Å². The number of methoxy groups -OCH3 is 1. The molecule has 1 aromatic heterocycles. The highest BCUT2D eigenvalue weighted by atomic mass is 79.9. The average molecular weight is 350 g/mol. The van der Waals surface area contributed by atoms with Crippen LogP contribution < -0.4 is 0 Å². The largest absolute Gasteiger partial charge is 0.463 e. The van der Waals surface area contributed by atoms with E-state index in [1.807, 2.05) is 0 Å². The van der Waals surface area contributed by atoms with Crippen LogP contribution in [0.4, 0.5) is 13.2 Å². The molecule has 1 aromatic carbocycles. The zero-order chi connectivity index (χ0) is 14.9. The Morgan fingerprint density at radius 2 is 2.10 bits per heavy atom. The molecule has 0 atom stereocenters. The SMILES string of the molecule is COC(=O)c1ncn(-c2ccc(Br)cc2C(F)(F)F)n1. The van der Waals surface area contributed by atoms with Crippen molar-refractivity contribution in [3.05, 3.63) is 40.4 Å². The van der Waals surface area contributed by atoms with Gasteiger partial charge in [-0.25, -0.2) is 14.5 Å². The van der Waals surface area contributed by atoms with Gasteiger partial charge in [0.2, 0.25) is 0 Å². The Bertz CT molecular complexity index is 655. The molecule has 2 aromatic rings. The van der Waals surface area contributed by atoms with Gasteiger partial charge in [-0.1, -0.05) is 15.9 Å². The van der Waals surface area contributed by atoms with E-state index in [1.54, 1.807) is 0 Å². The molecular formula is C11H7BrF3N3O2. The number of hydrogen-bond donors (Lipinski definition) is 0. The number of hydrogen-bond acceptors (Lipinski definition) is 4. The molecule has 2 rings (SSSR count). The first-order valence-electron chi connectivity index (χ1n) is 5.20. The van der Waals surface area contributed by atoms with Gasteiger partial charge in [0.15, 0.2) is 0 Å². The number of benzene rings is 1. The highest BCUT2D eigenvalue weighted by molar-refractivity contribution is 9.10. The first-order chi connectivity index (χ1) is 9.32. The van der Waals surface area contributed by atoms with E-state index in [9.17, 15) is 18.0 Å². The third kappa shape index (κ3) is 2.82. The van der Waals surface area contributed by atoms with Crippen LogP contribution in [0.1, 0.15) is 16.2 Å². The molecule has 0 bridgehead atoms. The summed E-state index contributed by atoms with van der Waals surface area (Å²) in [5.74, 6) is -1.14. The maximum atomic E-state index is 13.0. The fraction of sp³-hybridized carbons (Fsp3) is 0.182. The van der Waals surface area contributed by atoms with Gasteiger partial charge in [-0.15, -0.1) is 5.10 Å². The normalized spacial score (nSPS) is 11.4. The second-order valence-corrected chi connectivity index (χ2v) is 4.58. The Morgan fingerprint density at radius 1 is 1.40 bits per heavy atom. The third-order valence-corrected chi connectivity index (χ3v) is 2.86. The van der Waals surface area contributed by atoms with Crippen LogP contribution in [0.2, 0.25) is 0 Å². The van der Waals surface area contributed by atoms with Gasteiger partial charge in [0.05, 0.1) is 18.4 Å². The Hall–Kier alpha value is -1.90. The first kappa shape index (κ1) is 14.5. The molecule has 0 aliphatic carbocycles. The summed E-state index contributed by atoms with van der Waals surface area (Å²) in [4.78, 5) is 14.8. The van der Waals surface area contributed by atoms with E-state index in [-0.39, 0.29) is 16.0 Å². The fourth-order valence-electron chi connectivity index (χ4n) is 1.50. The van der Waals surface area contributed by atoms with Crippen molar-refractivity contribution in [1.29, 1.82) is 0 Å². The second-order valence-electron chi connectivity index (χ2n) is 3.66. The number of ether oxygens (including phenoxy) is 1. The molecule has 1 heterocycles. The predicted octanol–water partition coefficient (Wildman–Crippen LogP) is 2.84. The van der Waals surface area contributed by atoms with Gasteiger partial charge in [-0.2, -0.15) is 13.2 Å². The molecule has 5 nitrogen and oxygen atoms in total. The number of aromatic nitrogens is 3. The number of nitrogens with zero attached hydrogens (tertiary/aromatic N) is 3. The third-order valence-electron chi connectivity index (χ3n) is 2.37. The minimum absolute atomic E-state index is 0.233. The Morgan fingerprint density at radius 3 is 2.70 bits per heavy atom. The Kier molecular flexibility index (Phi) is 3.80. The molecule has 0 radical (unpaired) electrons. The molecule has 0 saturated carbocycles. The van der Waals surface area contributed by atoms with Crippen molar-refractivity contribution in [1.82, 2.24) is 14.8 Å². The molecule has 20 heavy (non-hydrogen) atoms. The molecular weight excluding hydrogens is 343 g/mol. The average Bonchev–Trinajstić information content (AvgIpc) is 2.86. The minimum Gasteiger partial charge on any atom is -0.463 e. The topological polar surface area (TPSA) is 57.0 Å². The van der Waals surface area contributed by atoms with Crippen LogP contribution in [0.15, 0.2) is 29.0 Å². The lowest BCUT2D eigenvalue weighted by molar-refractivity contribution is -0.137. The summed E-state index contributed by atoms with van der Waals surface area (Å²) in [5.41, 5.74) is -1.13. The maximum absolute atomic E-state index is 13.0. The van der Waals surface area contributed by atoms with Crippen LogP contribution in [0.25, 0.3) is 5.69 Å². The van der Waals surface area contributed by atoms with Crippen LogP contribution in [0, 0.1) is 0 Å². The lowest BCUT2D eigenvalue weighted by Crippen LogP contribution is -2.12. The Labute approximate surface area is 119 Å². The van der Waals surface area contributed by atoms with Gasteiger partial charge in [0.25, 0.3) is 5.82 Å². The van der Waals surface area contributed by atoms with E-state index < -0.39 is 17.7 Å². The summed E-state index contributed by atoms with van der Waals surface area (Å²) < 4.78 is 44.5. The summed E-state index contributed by atoms with van der Waals surface area (Å²) in [7, 11) is 1.13. The van der Waals surface area contributed by atoms with Gasteiger partial charge in [0.1, 0.15) is 6.33 Å². The predicted molar refractivity (Wildman–Crippen MR) is 65.4 cm³/mol. The highest BCUT2D eigenvalue weighted by Gasteiger charge is 2.34. The number of halogens is 4. The van der Waals surface area contributed by atoms with Gasteiger partial charge in [-0.05, 0) is 18.2 Å². The van der Waals surface area contributed by atoms with Crippen molar-refractivity contribution in [3.8, 4) is 5.69 Å². The summed E-state index contributed by atoms with van der Waals surface area (Å²) in [5, 5.41) is 3.67. The van der Waals surface area contributed by atoms with Crippen LogP contribution in [-0.4, -0.2) is 27.8 Å². The van der Waals surface area contributed by atoms with Crippen LogP contribution in [0.3, 0.4) is 0 Å². The molecule has 9 heteroatoms. The summed E-state index contributed by atoms with van der Waals surface area (Å²) >= 11 is 2.98. The van der Waals surface area contributed by atoms with Crippen LogP contribution >= 0.6 is 15.9 Å². The van der Waals surface area contributed by atoms with Gasteiger partial charge < -0.3 is 4.74 Å². The van der Waals surface area contributed by atoms with Crippen molar-refractivity contribution < 1.29 is 22.7 Å². The molecule has 0 amide bonds. The zero-order valence-corrected chi connectivity index (χ0v) is 11.6. The molecule has 0 unspecified atom stereocenters. The van der Waals surface area contributed by atoms with Crippen LogP contribution in [-0.2, 0) is 10.9 Å². The zero-order valence-electron chi connectivity index (χ0n) is 9.98. The van der Waals surface area contributed by atoms with Gasteiger partial charge in [-0.3, -0.25) is 0 Å². The highest BCUT2D eigenvalue weighted by Crippen LogP contribution is 2.35. The number of carbonyl (C=O) groups is 1. The Balaban J connectivity index is 2.53. The summed E-state index contributed by atoms with van der Waals surface area (Å²) in [6.07, 6.45) is -3.54. The summed E-state index contributed by atoms with van der Waals surface area (Å²) in [6, 6.07) is 3.58. The quantitative estimate of drug-likeness (QED) is 0.782. The number of alkyl halides is 3. The standard InChI is InChI=1S/C11H7BrF3N3O2/c1-20-10(19)9-16-5-18(17-9)8-3-2-6(12)4-7(8)11(13,14)15/h2-5H,1H3. The van der Waals surface area contributed by atoms with E-state index >= 15 is 0 Å². The molecule has 0 aliphatic heterocycles. The molecule has 0 fully saturated rings. The van der Waals surface area contributed by atoms with Crippen molar-refractivity contribution in [2.45, 2.75) is 6.18 Å². The van der Waals surface area contributed by atoms with Gasteiger partial charge in [0, 0.05) is 4.47 Å². The van der Waals surface area contributed by atoms with Crippen molar-refractivity contribution in [2.24, 2.45) is 0 Å². The number of carbonyl (C=O) groups excluding carboxylic acids is 1. The molecule has 0 saturated heterocycles. The number of rotatable bonds is 2. The second kappa shape index (κ2) is 5.23. The lowest BCUT2D eigenvalue weighted by Gasteiger charge is -2.12. The molecule has 0 spiro atoms. The van der Waals surface area contributed by atoms with Crippen molar-refractivity contribution in [2.75, 3.05) is 7.11 Å². The minimum atomic E-state index is -4.56. The molecule has 0 aliphatic rings. The number of esters is 1. The molecule has 106 valence electrons. The lowest BCUT2D eigenvalue weighted by atomic mass is 10.2. The van der Waals surface area contributed by atoms with E-state index in [0.29, 0.717) is 0 Å². The monoisotopic (exact) mass is 349 g/mol. The van der Waals surface area contributed by atoms with Gasteiger partial charge >= 0.3 is 12.1 Å². The van der Waals surface area contributed by atoms with E-state index in [1.165, 1.54) is 12.1 Å². The fourth-order valence-corrected chi connectivity index (χ4v) is 1.86. The maximum Gasteiger partial charge on any atom is 0.418 e. The van der Waals surface area contributed by atoms with E-state index in [4.69, 9.17) is 0 Å². The van der Waals surface area contributed by atoms with E-state index in [0.717, 1.165) is 24.2 Å². The van der Waals surface area contributed by atoms with Crippen LogP contribution in [0.5, 0.6) is 0 Å². The smallest absolute Gasteiger partial charge is 0.418 e. The van der Waals surface area contributed by atoms with Crippen molar-refractivity contribution >= 4 is 21.9 Å².